The second-order valence-electron chi connectivity index (χ2n) is 24.4. The van der Waals surface area contributed by atoms with E-state index < -0.39 is 123 Å². The summed E-state index contributed by atoms with van der Waals surface area (Å²) in [6.45, 7) is 63.2. The van der Waals surface area contributed by atoms with E-state index in [0.717, 1.165) is 0 Å². The molecule has 1 atom stereocenters. The van der Waals surface area contributed by atoms with Crippen LogP contribution in [0.25, 0.3) is 0 Å². The van der Waals surface area contributed by atoms with Crippen LogP contribution in [0.5, 0.6) is 0 Å². The Morgan fingerprint density at radius 2 is 0.525 bits per heavy atom. The fraction of sp³-hybridized carbons (Fsp3) is 0.912. The van der Waals surface area contributed by atoms with E-state index in [1.54, 1.807) is 6.92 Å². The first-order valence-corrected chi connectivity index (χ1v) is 58.9. The Morgan fingerprint density at radius 3 is 0.639 bits per heavy atom. The fourth-order valence-electron chi connectivity index (χ4n) is 5.17. The number of esters is 1. The molecule has 1 unspecified atom stereocenters. The highest BCUT2D eigenvalue weighted by Crippen LogP contribution is 2.41. The monoisotopic (exact) mass is 1090 g/mol. The minimum atomic E-state index is -5.06. The first kappa shape index (κ1) is 62.5. The predicted molar refractivity (Wildman–Crippen MR) is 281 cm³/mol. The molecule has 0 aromatic heterocycles. The van der Waals surface area contributed by atoms with Crippen molar-refractivity contribution < 1.29 is 58.9 Å². The van der Waals surface area contributed by atoms with Crippen molar-refractivity contribution in [3.8, 4) is 0 Å². The summed E-state index contributed by atoms with van der Waals surface area (Å²) in [4.78, 5) is 14.1. The Bertz CT molecular complexity index is 1170. The second-order valence-corrected chi connectivity index (χ2v) is 77.1. The zero-order valence-corrected chi connectivity index (χ0v) is 57.2. The number of hydrogen-bond donors (Lipinski definition) is 0. The molecule has 0 aromatic carbocycles. The fourth-order valence-corrected chi connectivity index (χ4v) is 50.1. The SMILES string of the molecule is C=C(C)C(=O)OC(CC)[Si](O[Si](O[Si](C)(C)C)(O[Si](C)(C)C)O[Si](C)(C)C)(O[Si](O[Si](C)(C)C)(O[Si](C)(C)C)O[Si](C)(C)C)O[Si](O[Si](C)(C)C)(O[Si](C)(C)C)O[Si](C)(C)C. The highest BCUT2D eigenvalue weighted by atomic mass is 28.6. The van der Waals surface area contributed by atoms with Crippen LogP contribution in [0.1, 0.15) is 20.3 Å². The molecule has 0 aliphatic rings. The van der Waals surface area contributed by atoms with Crippen LogP contribution >= 0.6 is 0 Å². The highest BCUT2D eigenvalue weighted by molar-refractivity contribution is 6.97. The summed E-state index contributed by atoms with van der Waals surface area (Å²) in [5.41, 5.74) is -1.08. The van der Waals surface area contributed by atoms with Crippen molar-refractivity contribution >= 4 is 117 Å². The van der Waals surface area contributed by atoms with Crippen LogP contribution in [0.2, 0.25) is 177 Å². The van der Waals surface area contributed by atoms with Crippen LogP contribution < -0.4 is 0 Å². The van der Waals surface area contributed by atoms with E-state index in [9.17, 15) is 4.79 Å². The van der Waals surface area contributed by atoms with Gasteiger partial charge in [0.2, 0.25) is 0 Å². The molecule has 0 N–H and O–H groups in total. The van der Waals surface area contributed by atoms with Crippen LogP contribution in [-0.2, 0) is 58.9 Å². The lowest BCUT2D eigenvalue weighted by molar-refractivity contribution is -0.144. The molecule has 0 fully saturated rings. The molecule has 0 saturated heterocycles. The van der Waals surface area contributed by atoms with E-state index in [1.807, 2.05) is 6.92 Å². The second kappa shape index (κ2) is 21.5. The first-order chi connectivity index (χ1) is 26.3. The Labute approximate surface area is 388 Å². The van der Waals surface area contributed by atoms with Crippen molar-refractivity contribution in [2.24, 2.45) is 0 Å². The van der Waals surface area contributed by atoms with Gasteiger partial charge in [0.15, 0.2) is 80.6 Å². The average Bonchev–Trinajstić information content (AvgIpc) is 2.80. The van der Waals surface area contributed by atoms with Gasteiger partial charge in [0, 0.05) is 5.57 Å². The van der Waals surface area contributed by atoms with Crippen LogP contribution in [0.4, 0.5) is 0 Å². The minimum absolute atomic E-state index is 0.150. The Kier molecular flexibility index (Phi) is 22.0. The third-order valence-corrected chi connectivity index (χ3v) is 44.8. The van der Waals surface area contributed by atoms with Gasteiger partial charge in [-0.25, -0.2) is 4.79 Å². The van der Waals surface area contributed by atoms with E-state index in [-0.39, 0.29) is 12.0 Å². The van der Waals surface area contributed by atoms with Crippen molar-refractivity contribution in [2.45, 2.75) is 203 Å². The summed E-state index contributed by atoms with van der Waals surface area (Å²) >= 11 is 0. The molecule has 0 aliphatic heterocycles. The molecule has 0 aliphatic carbocycles. The van der Waals surface area contributed by atoms with Crippen molar-refractivity contribution in [3.63, 3.8) is 0 Å². The van der Waals surface area contributed by atoms with E-state index in [4.69, 9.17) is 54.1 Å². The summed E-state index contributed by atoms with van der Waals surface area (Å²) in [6.07, 6.45) is 0.150. The van der Waals surface area contributed by atoms with Gasteiger partial charge in [-0.3, -0.25) is 0 Å². The number of carbonyl (C=O) groups is 1. The maximum absolute atomic E-state index is 14.1. The molecule has 0 amide bonds. The summed E-state index contributed by atoms with van der Waals surface area (Å²) in [6, 6.07) is 0. The van der Waals surface area contributed by atoms with Gasteiger partial charge >= 0.3 is 41.9 Å². The molecule has 364 valence electrons. The van der Waals surface area contributed by atoms with Gasteiger partial charge in [0.1, 0.15) is 0 Å². The highest BCUT2D eigenvalue weighted by Gasteiger charge is 2.74. The van der Waals surface area contributed by atoms with Gasteiger partial charge < -0.3 is 54.1 Å². The number of rotatable bonds is 28. The lowest BCUT2D eigenvalue weighted by Crippen LogP contribution is -2.79. The predicted octanol–water partition coefficient (Wildman–Crippen LogP) is 11.4. The number of ether oxygens (including phenoxy) is 1. The van der Waals surface area contributed by atoms with E-state index >= 15 is 0 Å². The molecule has 0 rings (SSSR count). The largest absolute Gasteiger partial charge is 0.640 e. The lowest BCUT2D eigenvalue weighted by Gasteiger charge is -2.51. The Balaban J connectivity index is 9.92. The van der Waals surface area contributed by atoms with Gasteiger partial charge in [0.25, 0.3) is 0 Å². The van der Waals surface area contributed by atoms with Crippen molar-refractivity contribution in [1.29, 1.82) is 0 Å². The van der Waals surface area contributed by atoms with Crippen LogP contribution in [0, 0.1) is 0 Å². The van der Waals surface area contributed by atoms with Crippen molar-refractivity contribution in [3.05, 3.63) is 12.2 Å². The lowest BCUT2D eigenvalue weighted by atomic mass is 10.4. The van der Waals surface area contributed by atoms with E-state index in [2.05, 4.69) is 183 Å². The standard InChI is InChI=1S/C34H92O14Si13/c1-31-33(36-34(35)32(2)3)58(46-59(37-49(4,5)6,38-50(7,8)9)39-51(10,11)12,47-60(40-52(13,14)15,41-53(16,17)18)42-54(19,20)21)48-61(43-55(22,23)24,44-56(25,26)27)45-57(28,29)30/h33H,2,31H2,1,3-30H3. The third-order valence-electron chi connectivity index (χ3n) is 6.05. The van der Waals surface area contributed by atoms with Gasteiger partial charge in [-0.2, -0.15) is 0 Å². The normalized spacial score (nSPS) is 15.9. The summed E-state index contributed by atoms with van der Waals surface area (Å²) in [5, 5.41) is 0. The number of hydrogen-bond acceptors (Lipinski definition) is 14. The maximum Gasteiger partial charge on any atom is 0.640 e. The molecule has 0 saturated carbocycles. The van der Waals surface area contributed by atoms with Crippen molar-refractivity contribution in [1.82, 2.24) is 0 Å². The number of carbonyl (C=O) groups excluding carboxylic acids is 1. The third kappa shape index (κ3) is 27.2. The molecule has 0 radical (unpaired) electrons. The van der Waals surface area contributed by atoms with E-state index in [0.29, 0.717) is 0 Å². The maximum atomic E-state index is 14.1. The molecular weight excluding hydrogens is 997 g/mol. The zero-order chi connectivity index (χ0) is 49.1. The quantitative estimate of drug-likeness (QED) is 0.0417. The van der Waals surface area contributed by atoms with E-state index in [1.165, 1.54) is 0 Å². The molecule has 0 heterocycles. The minimum Gasteiger partial charge on any atom is -0.455 e. The van der Waals surface area contributed by atoms with Gasteiger partial charge in [-0.15, -0.1) is 0 Å². The van der Waals surface area contributed by atoms with Crippen LogP contribution in [-0.4, -0.2) is 123 Å². The molecule has 14 nitrogen and oxygen atoms in total. The first-order valence-electron chi connectivity index (χ1n) is 21.6. The molecule has 0 aromatic rings. The Hall–Kier alpha value is 1.55. The molecule has 0 bridgehead atoms. The molecule has 61 heavy (non-hydrogen) atoms. The Morgan fingerprint density at radius 1 is 0.361 bits per heavy atom. The molecule has 27 heteroatoms. The van der Waals surface area contributed by atoms with Gasteiger partial charge in [-0.05, 0) is 190 Å². The summed E-state index contributed by atoms with van der Waals surface area (Å²) < 4.78 is 95.3. The molecule has 0 spiro atoms. The average molecular weight is 1090 g/mol. The van der Waals surface area contributed by atoms with Crippen LogP contribution in [0.3, 0.4) is 0 Å². The smallest absolute Gasteiger partial charge is 0.455 e. The summed E-state index contributed by atoms with van der Waals surface area (Å²) in [7, 11) is -42.2. The summed E-state index contributed by atoms with van der Waals surface area (Å²) in [5.74, 6) is -0.665. The topological polar surface area (TPSA) is 137 Å². The van der Waals surface area contributed by atoms with Gasteiger partial charge in [-0.1, -0.05) is 13.5 Å². The van der Waals surface area contributed by atoms with Crippen molar-refractivity contribution in [2.75, 3.05) is 0 Å². The zero-order valence-electron chi connectivity index (χ0n) is 44.2. The van der Waals surface area contributed by atoms with Crippen LogP contribution in [0.15, 0.2) is 12.2 Å². The molecular formula is C34H92O14Si13. The van der Waals surface area contributed by atoms with Gasteiger partial charge in [0.05, 0.1) is 0 Å².